The van der Waals surface area contributed by atoms with Gasteiger partial charge in [-0.05, 0) is 68.3 Å². The van der Waals surface area contributed by atoms with Crippen LogP contribution in [0.5, 0.6) is 11.5 Å². The fraction of sp³-hybridized carbons (Fsp3) is 0.176. The average Bonchev–Trinajstić information content (AvgIpc) is 2.59. The van der Waals surface area contributed by atoms with Crippen LogP contribution in [-0.4, -0.2) is 35.4 Å². The maximum Gasteiger partial charge on any atom is 0.338 e. The molecule has 0 fully saturated rings. The zero-order chi connectivity index (χ0) is 18.4. The molecule has 0 saturated carbocycles. The standard InChI is InChI=1S/C17H14Br2O6/c18-12-8-10(2-4-14(12)20)16(22)24-6-1-7-25-17(23)11-3-5-15(21)13(19)9-11/h2-5,8-9,20-21H,1,6-7H2. The molecule has 0 unspecified atom stereocenters. The van der Waals surface area contributed by atoms with Gasteiger partial charge in [0.05, 0.1) is 33.3 Å². The summed E-state index contributed by atoms with van der Waals surface area (Å²) in [6.45, 7) is 0.174. The molecular formula is C17H14Br2O6. The van der Waals surface area contributed by atoms with E-state index in [0.717, 1.165) is 0 Å². The van der Waals surface area contributed by atoms with Crippen LogP contribution in [0.2, 0.25) is 0 Å². The number of carbonyl (C=O) groups excluding carboxylic acids is 2. The molecule has 25 heavy (non-hydrogen) atoms. The molecule has 2 aromatic rings. The fourth-order valence-corrected chi connectivity index (χ4v) is 2.58. The predicted octanol–water partition coefficient (Wildman–Crippen LogP) is 4.03. The average molecular weight is 474 g/mol. The first-order valence-electron chi connectivity index (χ1n) is 7.20. The van der Waals surface area contributed by atoms with Crippen LogP contribution >= 0.6 is 31.9 Å². The Balaban J connectivity index is 1.73. The molecule has 0 spiro atoms. The Hall–Kier alpha value is -2.06. The number of hydrogen-bond donors (Lipinski definition) is 2. The van der Waals surface area contributed by atoms with Gasteiger partial charge in [-0.25, -0.2) is 9.59 Å². The van der Waals surface area contributed by atoms with Crippen molar-refractivity contribution in [2.75, 3.05) is 13.2 Å². The molecule has 0 saturated heterocycles. The van der Waals surface area contributed by atoms with Gasteiger partial charge in [-0.1, -0.05) is 0 Å². The quantitative estimate of drug-likeness (QED) is 0.486. The monoisotopic (exact) mass is 472 g/mol. The highest BCUT2D eigenvalue weighted by Crippen LogP contribution is 2.25. The minimum atomic E-state index is -0.533. The van der Waals surface area contributed by atoms with Gasteiger partial charge < -0.3 is 19.7 Å². The number of phenols is 2. The Morgan fingerprint density at radius 3 is 1.56 bits per heavy atom. The lowest BCUT2D eigenvalue weighted by Gasteiger charge is -2.07. The molecule has 6 nitrogen and oxygen atoms in total. The molecule has 2 N–H and O–H groups in total. The smallest absolute Gasteiger partial charge is 0.338 e. The molecular weight excluding hydrogens is 460 g/mol. The van der Waals surface area contributed by atoms with Crippen molar-refractivity contribution in [3.05, 3.63) is 56.5 Å². The van der Waals surface area contributed by atoms with Crippen molar-refractivity contribution in [2.24, 2.45) is 0 Å². The van der Waals surface area contributed by atoms with Gasteiger partial charge in [0.15, 0.2) is 0 Å². The summed E-state index contributed by atoms with van der Waals surface area (Å²) in [5, 5.41) is 18.8. The molecule has 2 aromatic carbocycles. The Labute approximate surface area is 160 Å². The van der Waals surface area contributed by atoms with E-state index in [2.05, 4.69) is 31.9 Å². The normalized spacial score (nSPS) is 10.3. The van der Waals surface area contributed by atoms with Gasteiger partial charge in [0, 0.05) is 6.42 Å². The van der Waals surface area contributed by atoms with Gasteiger partial charge in [-0.2, -0.15) is 0 Å². The topological polar surface area (TPSA) is 93.1 Å². The van der Waals surface area contributed by atoms with Crippen molar-refractivity contribution in [2.45, 2.75) is 6.42 Å². The van der Waals surface area contributed by atoms with Crippen LogP contribution in [0.1, 0.15) is 27.1 Å². The minimum absolute atomic E-state index is 0.0318. The van der Waals surface area contributed by atoms with E-state index in [1.807, 2.05) is 0 Å². The molecule has 0 radical (unpaired) electrons. The van der Waals surface area contributed by atoms with E-state index < -0.39 is 11.9 Å². The molecule has 0 atom stereocenters. The van der Waals surface area contributed by atoms with Crippen molar-refractivity contribution in [3.8, 4) is 11.5 Å². The highest BCUT2D eigenvalue weighted by molar-refractivity contribution is 9.10. The van der Waals surface area contributed by atoms with Crippen molar-refractivity contribution in [1.29, 1.82) is 0 Å². The summed E-state index contributed by atoms with van der Waals surface area (Å²) in [7, 11) is 0. The second-order valence-corrected chi connectivity index (χ2v) is 6.67. The number of aromatic hydroxyl groups is 2. The van der Waals surface area contributed by atoms with Crippen LogP contribution < -0.4 is 0 Å². The maximum absolute atomic E-state index is 11.8. The van der Waals surface area contributed by atoms with Gasteiger partial charge >= 0.3 is 11.9 Å². The first-order chi connectivity index (χ1) is 11.9. The van der Waals surface area contributed by atoms with Crippen LogP contribution in [0.25, 0.3) is 0 Å². The first kappa shape index (κ1) is 19.3. The van der Waals surface area contributed by atoms with Crippen LogP contribution in [0, 0.1) is 0 Å². The van der Waals surface area contributed by atoms with Crippen molar-refractivity contribution >= 4 is 43.8 Å². The Kier molecular flexibility index (Phi) is 6.83. The largest absolute Gasteiger partial charge is 0.507 e. The summed E-state index contributed by atoms with van der Waals surface area (Å²) < 4.78 is 10.9. The van der Waals surface area contributed by atoms with E-state index >= 15 is 0 Å². The van der Waals surface area contributed by atoms with Gasteiger partial charge in [-0.3, -0.25) is 0 Å². The minimum Gasteiger partial charge on any atom is -0.507 e. The number of halogens is 2. The number of hydrogen-bond acceptors (Lipinski definition) is 6. The summed E-state index contributed by atoms with van der Waals surface area (Å²) in [4.78, 5) is 23.7. The summed E-state index contributed by atoms with van der Waals surface area (Å²) in [5.74, 6) is -1.00. The number of benzene rings is 2. The first-order valence-corrected chi connectivity index (χ1v) is 8.78. The van der Waals surface area contributed by atoms with Crippen LogP contribution in [-0.2, 0) is 9.47 Å². The summed E-state index contributed by atoms with van der Waals surface area (Å²) in [6, 6.07) is 8.59. The molecule has 0 aliphatic carbocycles. The van der Waals surface area contributed by atoms with E-state index in [9.17, 15) is 19.8 Å². The Morgan fingerprint density at radius 2 is 1.20 bits per heavy atom. The summed E-state index contributed by atoms with van der Waals surface area (Å²) in [6.07, 6.45) is 0.343. The highest BCUT2D eigenvalue weighted by Gasteiger charge is 2.11. The molecule has 8 heteroatoms. The van der Waals surface area contributed by atoms with Gasteiger partial charge in [0.25, 0.3) is 0 Å². The fourth-order valence-electron chi connectivity index (χ4n) is 1.82. The third-order valence-electron chi connectivity index (χ3n) is 3.12. The lowest BCUT2D eigenvalue weighted by molar-refractivity contribution is 0.0396. The van der Waals surface area contributed by atoms with Crippen molar-refractivity contribution in [1.82, 2.24) is 0 Å². The van der Waals surface area contributed by atoms with E-state index in [0.29, 0.717) is 26.5 Å². The van der Waals surface area contributed by atoms with Crippen LogP contribution in [0.4, 0.5) is 0 Å². The third kappa shape index (κ3) is 5.47. The maximum atomic E-state index is 11.8. The van der Waals surface area contributed by atoms with Gasteiger partial charge in [-0.15, -0.1) is 0 Å². The molecule has 0 bridgehead atoms. The Bertz CT molecular complexity index is 725. The zero-order valence-corrected chi connectivity index (χ0v) is 16.0. The van der Waals surface area contributed by atoms with E-state index in [4.69, 9.17) is 9.47 Å². The van der Waals surface area contributed by atoms with E-state index in [1.54, 1.807) is 0 Å². The highest BCUT2D eigenvalue weighted by atomic mass is 79.9. The van der Waals surface area contributed by atoms with Crippen LogP contribution in [0.15, 0.2) is 45.3 Å². The Morgan fingerprint density at radius 1 is 0.800 bits per heavy atom. The number of rotatable bonds is 6. The number of esters is 2. The van der Waals surface area contributed by atoms with Crippen LogP contribution in [0.3, 0.4) is 0 Å². The van der Waals surface area contributed by atoms with Gasteiger partial charge in [0.2, 0.25) is 0 Å². The summed E-state index contributed by atoms with van der Waals surface area (Å²) >= 11 is 6.24. The molecule has 0 aliphatic heterocycles. The lowest BCUT2D eigenvalue weighted by atomic mass is 10.2. The molecule has 0 aliphatic rings. The predicted molar refractivity (Wildman–Crippen MR) is 96.8 cm³/mol. The van der Waals surface area contributed by atoms with Crippen molar-refractivity contribution < 1.29 is 29.3 Å². The SMILES string of the molecule is O=C(OCCCOC(=O)c1ccc(O)c(Br)c1)c1ccc(O)c(Br)c1. The summed E-state index contributed by atoms with van der Waals surface area (Å²) in [5.41, 5.74) is 0.603. The number of ether oxygens (including phenoxy) is 2. The molecule has 0 amide bonds. The van der Waals surface area contributed by atoms with E-state index in [1.165, 1.54) is 36.4 Å². The zero-order valence-electron chi connectivity index (χ0n) is 12.9. The lowest BCUT2D eigenvalue weighted by Crippen LogP contribution is -2.11. The van der Waals surface area contributed by atoms with Gasteiger partial charge in [0.1, 0.15) is 11.5 Å². The third-order valence-corrected chi connectivity index (χ3v) is 4.39. The molecule has 132 valence electrons. The molecule has 0 heterocycles. The van der Waals surface area contributed by atoms with E-state index in [-0.39, 0.29) is 24.7 Å². The second kappa shape index (κ2) is 8.87. The number of phenolic OH excluding ortho intramolecular Hbond substituents is 2. The second-order valence-electron chi connectivity index (χ2n) is 4.96. The number of carbonyl (C=O) groups is 2. The molecule has 2 rings (SSSR count). The molecule has 0 aromatic heterocycles. The van der Waals surface area contributed by atoms with Crippen molar-refractivity contribution in [3.63, 3.8) is 0 Å².